The average Bonchev–Trinajstić information content (AvgIpc) is 2.82. The smallest absolute Gasteiger partial charge is 0.469 e. The van der Waals surface area contributed by atoms with Crippen LogP contribution < -0.4 is 0 Å². The number of aliphatic carboxylic acids is 1. The maximum absolute atomic E-state index is 11.0. The van der Waals surface area contributed by atoms with E-state index in [-0.39, 0.29) is 6.42 Å². The van der Waals surface area contributed by atoms with Gasteiger partial charge in [-0.05, 0) is 27.7 Å². The number of carboxylic acids is 1. The second-order valence-electron chi connectivity index (χ2n) is 5.80. The Balaban J connectivity index is 2.24. The molecule has 0 aliphatic carbocycles. The first kappa shape index (κ1) is 14.1. The van der Waals surface area contributed by atoms with Gasteiger partial charge in [0.25, 0.3) is 0 Å². The molecule has 0 bridgehead atoms. The third-order valence-electron chi connectivity index (χ3n) is 3.87. The Hall–Kier alpha value is -1.34. The summed E-state index contributed by atoms with van der Waals surface area (Å²) in [6, 6.07) is 0. The molecule has 2 N–H and O–H groups in total. The number of hydrogen-bond donors (Lipinski definition) is 2. The average molecular weight is 266 g/mol. The zero-order valence-electron chi connectivity index (χ0n) is 11.6. The molecule has 1 aliphatic rings. The van der Waals surface area contributed by atoms with Crippen molar-refractivity contribution >= 4 is 13.1 Å². The number of imidazole rings is 1. The molecule has 1 saturated heterocycles. The van der Waals surface area contributed by atoms with Gasteiger partial charge in [-0.1, -0.05) is 0 Å². The molecule has 7 heteroatoms. The van der Waals surface area contributed by atoms with Crippen molar-refractivity contribution in [1.29, 1.82) is 0 Å². The van der Waals surface area contributed by atoms with Crippen LogP contribution in [0.15, 0.2) is 12.4 Å². The van der Waals surface area contributed by atoms with E-state index in [4.69, 9.17) is 14.4 Å². The monoisotopic (exact) mass is 266 g/mol. The van der Waals surface area contributed by atoms with Crippen LogP contribution in [0.2, 0.25) is 0 Å². The predicted octanol–water partition coefficient (Wildman–Crippen LogP) is 1.60. The molecule has 1 unspecified atom stereocenters. The van der Waals surface area contributed by atoms with Crippen molar-refractivity contribution in [2.75, 3.05) is 0 Å². The highest BCUT2D eigenvalue weighted by Gasteiger charge is 2.54. The molecule has 6 nitrogen and oxygen atoms in total. The Morgan fingerprint density at radius 1 is 1.42 bits per heavy atom. The lowest BCUT2D eigenvalue weighted by molar-refractivity contribution is -0.137. The van der Waals surface area contributed by atoms with E-state index in [0.717, 1.165) is 0 Å². The second kappa shape index (κ2) is 4.65. The molecule has 0 amide bonds. The predicted molar refractivity (Wildman–Crippen MR) is 69.7 cm³/mol. The van der Waals surface area contributed by atoms with Crippen LogP contribution in [-0.4, -0.2) is 39.4 Å². The highest BCUT2D eigenvalue weighted by molar-refractivity contribution is 6.47. The Bertz CT molecular complexity index is 442. The lowest BCUT2D eigenvalue weighted by atomic mass is 9.69. The zero-order chi connectivity index (χ0) is 14.3. The molecule has 1 aliphatic heterocycles. The zero-order valence-corrected chi connectivity index (χ0v) is 11.6. The van der Waals surface area contributed by atoms with Crippen molar-refractivity contribution < 1.29 is 19.2 Å². The number of aromatic nitrogens is 2. The second-order valence-corrected chi connectivity index (χ2v) is 5.80. The van der Waals surface area contributed by atoms with Crippen LogP contribution in [0.3, 0.4) is 0 Å². The molecule has 2 rings (SSSR count). The van der Waals surface area contributed by atoms with Crippen LogP contribution in [0.1, 0.15) is 45.8 Å². The first-order valence-electron chi connectivity index (χ1n) is 6.30. The van der Waals surface area contributed by atoms with Gasteiger partial charge in [0.1, 0.15) is 5.82 Å². The fourth-order valence-electron chi connectivity index (χ4n) is 2.04. The summed E-state index contributed by atoms with van der Waals surface area (Å²) in [6.07, 6.45) is 3.16. The number of H-pyrrole nitrogens is 1. The molecule has 1 aromatic heterocycles. The molecule has 0 radical (unpaired) electrons. The molecule has 0 saturated carbocycles. The summed E-state index contributed by atoms with van der Waals surface area (Å²) in [7, 11) is -0.618. The molecular weight excluding hydrogens is 247 g/mol. The highest BCUT2D eigenvalue weighted by Crippen LogP contribution is 2.41. The number of nitrogens with zero attached hydrogens (tertiary/aromatic N) is 1. The van der Waals surface area contributed by atoms with Crippen molar-refractivity contribution in [3.63, 3.8) is 0 Å². The number of rotatable bonds is 4. The summed E-state index contributed by atoms with van der Waals surface area (Å²) in [5, 5.41) is 9.05. The van der Waals surface area contributed by atoms with Crippen LogP contribution in [0, 0.1) is 0 Å². The van der Waals surface area contributed by atoms with E-state index in [9.17, 15) is 4.79 Å². The van der Waals surface area contributed by atoms with Gasteiger partial charge in [0, 0.05) is 12.4 Å². The summed E-state index contributed by atoms with van der Waals surface area (Å²) >= 11 is 0. The summed E-state index contributed by atoms with van der Waals surface area (Å²) in [5.74, 6) is -0.787. The number of nitrogens with one attached hydrogen (secondary N) is 1. The van der Waals surface area contributed by atoms with Gasteiger partial charge in [0.2, 0.25) is 0 Å². The van der Waals surface area contributed by atoms with Crippen LogP contribution in [0.5, 0.6) is 0 Å². The third kappa shape index (κ3) is 2.67. The van der Waals surface area contributed by atoms with Gasteiger partial charge in [0.15, 0.2) is 0 Å². The first-order chi connectivity index (χ1) is 8.73. The van der Waals surface area contributed by atoms with Crippen molar-refractivity contribution in [3.8, 4) is 0 Å². The number of hydrogen-bond acceptors (Lipinski definition) is 4. The third-order valence-corrected chi connectivity index (χ3v) is 3.87. The number of aromatic amines is 1. The Kier molecular flexibility index (Phi) is 3.44. The van der Waals surface area contributed by atoms with E-state index >= 15 is 0 Å². The Morgan fingerprint density at radius 3 is 2.42 bits per heavy atom. The van der Waals surface area contributed by atoms with Crippen molar-refractivity contribution in [2.24, 2.45) is 0 Å². The lowest BCUT2D eigenvalue weighted by Gasteiger charge is -2.32. The van der Waals surface area contributed by atoms with Crippen LogP contribution in [0.25, 0.3) is 0 Å². The van der Waals surface area contributed by atoms with Gasteiger partial charge < -0.3 is 19.4 Å². The van der Waals surface area contributed by atoms with Gasteiger partial charge in [-0.15, -0.1) is 0 Å². The molecule has 1 fully saturated rings. The van der Waals surface area contributed by atoms with E-state index in [1.807, 2.05) is 27.7 Å². The maximum atomic E-state index is 11.0. The molecule has 0 aromatic carbocycles. The summed E-state index contributed by atoms with van der Waals surface area (Å²) in [4.78, 5) is 18.1. The van der Waals surface area contributed by atoms with Crippen LogP contribution >= 0.6 is 0 Å². The largest absolute Gasteiger partial charge is 0.481 e. The van der Waals surface area contributed by atoms with E-state index < -0.39 is 30.1 Å². The van der Waals surface area contributed by atoms with Gasteiger partial charge in [-0.25, -0.2) is 4.98 Å². The van der Waals surface area contributed by atoms with E-state index in [1.165, 1.54) is 0 Å². The Labute approximate surface area is 112 Å². The lowest BCUT2D eigenvalue weighted by Crippen LogP contribution is -2.41. The fraction of sp³-hybridized carbons (Fsp3) is 0.667. The summed E-state index contributed by atoms with van der Waals surface area (Å²) < 4.78 is 11.8. The van der Waals surface area contributed by atoms with Gasteiger partial charge >= 0.3 is 13.1 Å². The number of carbonyl (C=O) groups is 1. The van der Waals surface area contributed by atoms with E-state index in [1.54, 1.807) is 12.4 Å². The van der Waals surface area contributed by atoms with Crippen LogP contribution in [-0.2, 0) is 14.1 Å². The van der Waals surface area contributed by atoms with Gasteiger partial charge in [-0.3, -0.25) is 4.79 Å². The fourth-order valence-corrected chi connectivity index (χ4v) is 2.04. The molecule has 104 valence electrons. The van der Waals surface area contributed by atoms with Gasteiger partial charge in [0.05, 0.1) is 23.4 Å². The molecule has 2 heterocycles. The quantitative estimate of drug-likeness (QED) is 0.808. The minimum Gasteiger partial charge on any atom is -0.481 e. The van der Waals surface area contributed by atoms with Gasteiger partial charge in [-0.2, -0.15) is 0 Å². The molecule has 1 atom stereocenters. The molecule has 1 aromatic rings. The SMILES string of the molecule is CC1(C)OB(C(CC(=O)O)c2ncc[nH]2)OC1(C)C. The standard InChI is InChI=1S/C12H19BN2O4/c1-11(2)12(3,4)19-13(18-11)8(7-9(16)17)10-14-5-6-15-10/h5-6,8H,7H2,1-4H3,(H,14,15)(H,16,17). The minimum absolute atomic E-state index is 0.0929. The minimum atomic E-state index is -0.906. The maximum Gasteiger partial charge on any atom is 0.469 e. The molecular formula is C12H19BN2O4. The van der Waals surface area contributed by atoms with Crippen molar-refractivity contribution in [1.82, 2.24) is 9.97 Å². The molecule has 19 heavy (non-hydrogen) atoms. The van der Waals surface area contributed by atoms with E-state index in [2.05, 4.69) is 9.97 Å². The van der Waals surface area contributed by atoms with Crippen molar-refractivity contribution in [2.45, 2.75) is 51.1 Å². The van der Waals surface area contributed by atoms with Crippen LogP contribution in [0.4, 0.5) is 0 Å². The van der Waals surface area contributed by atoms with Crippen molar-refractivity contribution in [3.05, 3.63) is 18.2 Å². The topological polar surface area (TPSA) is 84.4 Å². The normalized spacial score (nSPS) is 22.4. The van der Waals surface area contributed by atoms with E-state index in [0.29, 0.717) is 5.82 Å². The number of carboxylic acid groups (broad SMARTS) is 1. The summed E-state index contributed by atoms with van der Waals surface area (Å²) in [6.45, 7) is 7.75. The first-order valence-corrected chi connectivity index (χ1v) is 6.30. The summed E-state index contributed by atoms with van der Waals surface area (Å²) in [5.41, 5.74) is -0.970. The highest BCUT2D eigenvalue weighted by atomic mass is 16.7. The molecule has 0 spiro atoms. The Morgan fingerprint density at radius 2 is 2.00 bits per heavy atom.